The molecular formula is C20H27NO4. The average Bonchev–Trinajstić information content (AvgIpc) is 2.65. The van der Waals surface area contributed by atoms with E-state index in [0.717, 1.165) is 25.7 Å². The fourth-order valence-electron chi connectivity index (χ4n) is 3.18. The molecule has 2 unspecified atom stereocenters. The fraction of sp³-hybridized carbons (Fsp3) is 0.500. The number of aliphatic hydroxyl groups excluding tert-OH is 1. The van der Waals surface area contributed by atoms with Crippen molar-refractivity contribution in [2.45, 2.75) is 39.5 Å². The van der Waals surface area contributed by atoms with E-state index in [0.29, 0.717) is 29.2 Å². The molecule has 0 saturated heterocycles. The van der Waals surface area contributed by atoms with E-state index < -0.39 is 0 Å². The van der Waals surface area contributed by atoms with E-state index in [-0.39, 0.29) is 23.6 Å². The van der Waals surface area contributed by atoms with Gasteiger partial charge in [-0.25, -0.2) is 0 Å². The molecule has 5 heteroatoms. The second kappa shape index (κ2) is 8.70. The molecule has 1 aromatic carbocycles. The maximum atomic E-state index is 11.9. The molecule has 2 N–H and O–H groups in total. The summed E-state index contributed by atoms with van der Waals surface area (Å²) < 4.78 is 10.8. The van der Waals surface area contributed by atoms with Gasteiger partial charge in [0.05, 0.1) is 19.6 Å². The molecule has 0 aromatic heterocycles. The van der Waals surface area contributed by atoms with Crippen LogP contribution in [0, 0.1) is 17.2 Å². The Balaban J connectivity index is 2.00. The lowest BCUT2D eigenvalue weighted by atomic mass is 9.80. The summed E-state index contributed by atoms with van der Waals surface area (Å²) in [5.41, 5.74) is 1.54. The first-order valence-corrected chi connectivity index (χ1v) is 8.70. The number of ether oxygens (including phenoxy) is 2. The second-order valence-corrected chi connectivity index (χ2v) is 6.61. The van der Waals surface area contributed by atoms with Crippen LogP contribution >= 0.6 is 0 Å². The van der Waals surface area contributed by atoms with Crippen LogP contribution in [0.4, 0.5) is 0 Å². The maximum Gasteiger partial charge on any atom is 0.309 e. The van der Waals surface area contributed by atoms with E-state index in [1.807, 2.05) is 0 Å². The Morgan fingerprint density at radius 3 is 2.44 bits per heavy atom. The summed E-state index contributed by atoms with van der Waals surface area (Å²) in [7, 11) is 1.44. The molecule has 0 amide bonds. The molecule has 5 nitrogen and oxygen atoms in total. The van der Waals surface area contributed by atoms with Crippen LogP contribution in [-0.4, -0.2) is 30.5 Å². The van der Waals surface area contributed by atoms with Crippen molar-refractivity contribution in [3.8, 4) is 5.75 Å². The number of allylic oxidation sites excluding steroid dienone is 1. The van der Waals surface area contributed by atoms with Gasteiger partial charge in [-0.3, -0.25) is 4.79 Å². The first-order chi connectivity index (χ1) is 11.9. The van der Waals surface area contributed by atoms with Crippen LogP contribution < -0.4 is 4.74 Å². The fourth-order valence-corrected chi connectivity index (χ4v) is 3.18. The third-order valence-corrected chi connectivity index (χ3v) is 4.92. The Bertz CT molecular complexity index is 648. The van der Waals surface area contributed by atoms with Gasteiger partial charge in [0.2, 0.25) is 0 Å². The molecule has 1 aromatic rings. The van der Waals surface area contributed by atoms with Gasteiger partial charge in [0.25, 0.3) is 0 Å². The number of carbonyl (C=O) groups excluding carboxylic acids is 1. The van der Waals surface area contributed by atoms with E-state index in [2.05, 4.69) is 0 Å². The summed E-state index contributed by atoms with van der Waals surface area (Å²) in [5.74, 6) is 0.767. The van der Waals surface area contributed by atoms with Crippen molar-refractivity contribution in [1.29, 1.82) is 5.41 Å². The van der Waals surface area contributed by atoms with Crippen molar-refractivity contribution in [2.75, 3.05) is 13.7 Å². The third-order valence-electron chi connectivity index (χ3n) is 4.92. The van der Waals surface area contributed by atoms with Crippen molar-refractivity contribution < 1.29 is 19.4 Å². The van der Waals surface area contributed by atoms with Crippen molar-refractivity contribution in [3.05, 3.63) is 35.4 Å². The molecule has 0 heterocycles. The normalized spacial score (nSPS) is 21.2. The van der Waals surface area contributed by atoms with Gasteiger partial charge in [0.15, 0.2) is 0 Å². The number of esters is 1. The Hall–Kier alpha value is -2.30. The highest BCUT2D eigenvalue weighted by Gasteiger charge is 2.32. The van der Waals surface area contributed by atoms with Gasteiger partial charge in [0.1, 0.15) is 11.5 Å². The lowest BCUT2D eigenvalue weighted by molar-refractivity contribution is -0.149. The highest BCUT2D eigenvalue weighted by atomic mass is 16.5. The van der Waals surface area contributed by atoms with Gasteiger partial charge in [-0.05, 0) is 51.0 Å². The van der Waals surface area contributed by atoms with Gasteiger partial charge in [0, 0.05) is 22.8 Å². The van der Waals surface area contributed by atoms with Crippen LogP contribution in [0.5, 0.6) is 5.75 Å². The van der Waals surface area contributed by atoms with Gasteiger partial charge in [-0.2, -0.15) is 0 Å². The van der Waals surface area contributed by atoms with Crippen LogP contribution in [0.2, 0.25) is 0 Å². The van der Waals surface area contributed by atoms with Gasteiger partial charge in [-0.1, -0.05) is 12.8 Å². The Kier molecular flexibility index (Phi) is 6.62. The summed E-state index contributed by atoms with van der Waals surface area (Å²) in [4.78, 5) is 11.9. The first kappa shape index (κ1) is 19.0. The Labute approximate surface area is 149 Å². The van der Waals surface area contributed by atoms with Crippen LogP contribution in [0.25, 0.3) is 5.76 Å². The number of aliphatic hydroxyl groups is 1. The minimum Gasteiger partial charge on any atom is -0.507 e. The number of carbonyl (C=O) groups is 1. The van der Waals surface area contributed by atoms with E-state index in [1.54, 1.807) is 38.1 Å². The average molecular weight is 345 g/mol. The molecule has 0 radical (unpaired) electrons. The molecule has 1 saturated carbocycles. The van der Waals surface area contributed by atoms with Crippen molar-refractivity contribution in [2.24, 2.45) is 11.8 Å². The molecule has 25 heavy (non-hydrogen) atoms. The molecule has 2 rings (SSSR count). The predicted octanol–water partition coefficient (Wildman–Crippen LogP) is 4.37. The summed E-state index contributed by atoms with van der Waals surface area (Å²) in [5, 5.41) is 17.7. The topological polar surface area (TPSA) is 79.6 Å². The largest absolute Gasteiger partial charge is 0.507 e. The molecule has 0 aliphatic heterocycles. The van der Waals surface area contributed by atoms with Gasteiger partial charge >= 0.3 is 5.97 Å². The summed E-state index contributed by atoms with van der Waals surface area (Å²) in [6.07, 6.45) is 4.00. The monoisotopic (exact) mass is 345 g/mol. The van der Waals surface area contributed by atoms with E-state index in [4.69, 9.17) is 14.9 Å². The minimum atomic E-state index is -0.142. The van der Waals surface area contributed by atoms with E-state index in [1.165, 1.54) is 7.11 Å². The van der Waals surface area contributed by atoms with E-state index in [9.17, 15) is 9.90 Å². The number of rotatable bonds is 6. The molecule has 1 aliphatic rings. The molecule has 2 atom stereocenters. The van der Waals surface area contributed by atoms with Crippen molar-refractivity contribution >= 4 is 17.4 Å². The number of nitrogens with one attached hydrogen (secondary N) is 1. The molecule has 0 bridgehead atoms. The van der Waals surface area contributed by atoms with Gasteiger partial charge in [-0.15, -0.1) is 0 Å². The van der Waals surface area contributed by atoms with Crippen LogP contribution in [0.3, 0.4) is 0 Å². The summed E-state index contributed by atoms with van der Waals surface area (Å²) >= 11 is 0. The second-order valence-electron chi connectivity index (χ2n) is 6.61. The van der Waals surface area contributed by atoms with Crippen LogP contribution in [-0.2, 0) is 9.53 Å². The lowest BCUT2D eigenvalue weighted by Crippen LogP contribution is -2.32. The van der Waals surface area contributed by atoms with Crippen molar-refractivity contribution in [3.63, 3.8) is 0 Å². The molecular weight excluding hydrogens is 318 g/mol. The Morgan fingerprint density at radius 1 is 1.20 bits per heavy atom. The summed E-state index contributed by atoms with van der Waals surface area (Å²) in [6.45, 7) is 3.85. The number of methoxy groups -OCH3 is 1. The van der Waals surface area contributed by atoms with Gasteiger partial charge < -0.3 is 20.0 Å². The smallest absolute Gasteiger partial charge is 0.309 e. The minimum absolute atomic E-state index is 0.0804. The zero-order valence-electron chi connectivity index (χ0n) is 15.2. The summed E-state index contributed by atoms with van der Waals surface area (Å²) in [6, 6.07) is 7.15. The molecule has 1 fully saturated rings. The van der Waals surface area contributed by atoms with E-state index >= 15 is 0 Å². The van der Waals surface area contributed by atoms with Crippen molar-refractivity contribution in [1.82, 2.24) is 0 Å². The number of hydrogen-bond acceptors (Lipinski definition) is 5. The predicted molar refractivity (Wildman–Crippen MR) is 98.0 cm³/mol. The molecule has 1 aliphatic carbocycles. The number of hydrogen-bond donors (Lipinski definition) is 2. The Morgan fingerprint density at radius 2 is 1.84 bits per heavy atom. The standard InChI is InChI=1S/C20H27NO4/c1-13(14(2)21)19(22)15-8-10-17(11-9-15)25-12-16-6-4-5-7-18(16)20(23)24-3/h8-11,16,18,21-22H,4-7,12H2,1-3H3/b19-13-,21-14?. The zero-order chi connectivity index (χ0) is 18.4. The third kappa shape index (κ3) is 4.84. The maximum absolute atomic E-state index is 11.9. The number of benzene rings is 1. The molecule has 136 valence electrons. The lowest BCUT2D eigenvalue weighted by Gasteiger charge is -2.29. The molecule has 0 spiro atoms. The van der Waals surface area contributed by atoms with Crippen LogP contribution in [0.1, 0.15) is 45.1 Å². The quantitative estimate of drug-likeness (QED) is 0.456. The first-order valence-electron chi connectivity index (χ1n) is 8.70. The van der Waals surface area contributed by atoms with Crippen LogP contribution in [0.15, 0.2) is 29.8 Å². The highest BCUT2D eigenvalue weighted by Crippen LogP contribution is 2.31. The SMILES string of the molecule is COC(=O)C1CCCCC1COc1ccc(/C(O)=C(\C)C(C)=N)cc1. The highest BCUT2D eigenvalue weighted by molar-refractivity contribution is 6.00. The zero-order valence-corrected chi connectivity index (χ0v) is 15.2.